The molecule has 10 nitrogen and oxygen atoms in total. The second-order valence-electron chi connectivity index (χ2n) is 9.74. The van der Waals surface area contributed by atoms with Gasteiger partial charge in [0.05, 0.1) is 35.8 Å². The number of alkyl halides is 3. The van der Waals surface area contributed by atoms with Crippen molar-refractivity contribution >= 4 is 52.9 Å². The molecular formula is C29H27ClF4N6O4S. The number of aliphatic hydroxyl groups excluding tert-OH is 1. The van der Waals surface area contributed by atoms with Crippen molar-refractivity contribution in [3.63, 3.8) is 0 Å². The third-order valence-electron chi connectivity index (χ3n) is 6.50. The number of carbonyl (C=O) groups is 1. The number of ether oxygens (including phenoxy) is 1. The summed E-state index contributed by atoms with van der Waals surface area (Å²) in [5, 5.41) is 25.3. The van der Waals surface area contributed by atoms with Crippen LogP contribution in [0.1, 0.15) is 28.8 Å². The van der Waals surface area contributed by atoms with Crippen molar-refractivity contribution in [2.24, 2.45) is 5.73 Å². The summed E-state index contributed by atoms with van der Waals surface area (Å²) in [6.07, 6.45) is 1.13. The summed E-state index contributed by atoms with van der Waals surface area (Å²) in [5.41, 5.74) is 10.8. The molecule has 0 radical (unpaired) electrons. The first-order valence-corrected chi connectivity index (χ1v) is 14.1. The Morgan fingerprint density at radius 2 is 2.00 bits per heavy atom. The van der Waals surface area contributed by atoms with Gasteiger partial charge in [-0.1, -0.05) is 36.0 Å². The van der Waals surface area contributed by atoms with Gasteiger partial charge in [-0.05, 0) is 60.4 Å². The number of aromatic amines is 1. The average Bonchev–Trinajstić information content (AvgIpc) is 3.38. The molecule has 0 fully saturated rings. The summed E-state index contributed by atoms with van der Waals surface area (Å²) >= 11 is 12.1. The Balaban J connectivity index is 0.000000591. The monoisotopic (exact) mass is 666 g/mol. The SMILES string of the molecule is NCC(O)Cn1ncc2c1CCC(c1c(Nc3ccc(OCc4cccc(F)c4)c(Cl)c3)[nH]cnc1=S)=C2.O=C(O)C(F)(F)F. The van der Waals surface area contributed by atoms with E-state index in [1.807, 2.05) is 10.7 Å². The molecule has 1 atom stereocenters. The Labute approximate surface area is 264 Å². The number of nitrogens with one attached hydrogen (secondary N) is 2. The summed E-state index contributed by atoms with van der Waals surface area (Å²) in [4.78, 5) is 16.4. The number of allylic oxidation sites excluding steroid dienone is 1. The third kappa shape index (κ3) is 8.88. The smallest absolute Gasteiger partial charge is 0.487 e. The Kier molecular flexibility index (Phi) is 10.9. The van der Waals surface area contributed by atoms with Gasteiger partial charge in [0.15, 0.2) is 0 Å². The molecule has 238 valence electrons. The third-order valence-corrected chi connectivity index (χ3v) is 7.11. The van der Waals surface area contributed by atoms with Crippen LogP contribution in [0.3, 0.4) is 0 Å². The number of nitrogens with two attached hydrogens (primary N) is 1. The molecule has 1 aliphatic rings. The van der Waals surface area contributed by atoms with Crippen molar-refractivity contribution in [1.29, 1.82) is 0 Å². The maximum absolute atomic E-state index is 13.4. The molecular weight excluding hydrogens is 640 g/mol. The van der Waals surface area contributed by atoms with Gasteiger partial charge in [0.1, 0.15) is 28.6 Å². The number of aromatic nitrogens is 4. The van der Waals surface area contributed by atoms with E-state index >= 15 is 0 Å². The van der Waals surface area contributed by atoms with Gasteiger partial charge in [-0.3, -0.25) is 4.68 Å². The molecule has 2 heterocycles. The molecule has 0 saturated carbocycles. The highest BCUT2D eigenvalue weighted by atomic mass is 35.5. The lowest BCUT2D eigenvalue weighted by atomic mass is 9.93. The molecule has 16 heteroatoms. The molecule has 1 unspecified atom stereocenters. The molecule has 0 bridgehead atoms. The van der Waals surface area contributed by atoms with Gasteiger partial charge in [-0.2, -0.15) is 18.3 Å². The number of rotatable bonds is 9. The maximum Gasteiger partial charge on any atom is 0.490 e. The molecule has 0 saturated heterocycles. The van der Waals surface area contributed by atoms with Crippen LogP contribution in [0.15, 0.2) is 55.0 Å². The van der Waals surface area contributed by atoms with E-state index < -0.39 is 18.2 Å². The van der Waals surface area contributed by atoms with Crippen LogP contribution in [0.5, 0.6) is 5.75 Å². The van der Waals surface area contributed by atoms with Crippen molar-refractivity contribution in [3.05, 3.63) is 92.9 Å². The number of halogens is 5. The number of nitrogens with zero attached hydrogens (tertiary/aromatic N) is 3. The number of hydrogen-bond donors (Lipinski definition) is 5. The van der Waals surface area contributed by atoms with Crippen molar-refractivity contribution in [2.45, 2.75) is 38.3 Å². The minimum Gasteiger partial charge on any atom is -0.487 e. The zero-order valence-electron chi connectivity index (χ0n) is 23.3. The van der Waals surface area contributed by atoms with Gasteiger partial charge in [-0.25, -0.2) is 14.2 Å². The minimum absolute atomic E-state index is 0.180. The van der Waals surface area contributed by atoms with Crippen LogP contribution < -0.4 is 15.8 Å². The fourth-order valence-electron chi connectivity index (χ4n) is 4.38. The summed E-state index contributed by atoms with van der Waals surface area (Å²) in [5.74, 6) is -1.89. The largest absolute Gasteiger partial charge is 0.490 e. The molecule has 45 heavy (non-hydrogen) atoms. The molecule has 0 spiro atoms. The zero-order chi connectivity index (χ0) is 32.7. The van der Waals surface area contributed by atoms with Crippen molar-refractivity contribution in [2.75, 3.05) is 11.9 Å². The van der Waals surface area contributed by atoms with Crippen molar-refractivity contribution in [3.8, 4) is 5.75 Å². The molecule has 0 amide bonds. The average molecular weight is 667 g/mol. The van der Waals surface area contributed by atoms with Gasteiger partial charge in [-0.15, -0.1) is 0 Å². The van der Waals surface area contributed by atoms with Crippen LogP contribution in [-0.4, -0.2) is 54.8 Å². The number of hydrogen-bond acceptors (Lipinski definition) is 8. The van der Waals surface area contributed by atoms with Gasteiger partial charge in [0.2, 0.25) is 0 Å². The summed E-state index contributed by atoms with van der Waals surface area (Å²) < 4.78 is 53.2. The van der Waals surface area contributed by atoms with Crippen LogP contribution in [0, 0.1) is 10.5 Å². The van der Waals surface area contributed by atoms with Gasteiger partial charge < -0.3 is 31.0 Å². The lowest BCUT2D eigenvalue weighted by Gasteiger charge is -2.19. The number of fused-ring (bicyclic) bond motifs is 1. The van der Waals surface area contributed by atoms with E-state index in [9.17, 15) is 22.7 Å². The van der Waals surface area contributed by atoms with Crippen molar-refractivity contribution in [1.82, 2.24) is 19.7 Å². The number of carboxylic acids is 1. The van der Waals surface area contributed by atoms with Crippen LogP contribution in [-0.2, 0) is 24.4 Å². The number of aliphatic carboxylic acids is 1. The van der Waals surface area contributed by atoms with E-state index in [4.69, 9.17) is 44.2 Å². The maximum atomic E-state index is 13.4. The number of aliphatic hydroxyl groups is 1. The normalized spacial score (nSPS) is 13.2. The first kappa shape index (κ1) is 33.6. The first-order chi connectivity index (χ1) is 21.3. The highest BCUT2D eigenvalue weighted by molar-refractivity contribution is 7.71. The molecule has 0 aliphatic heterocycles. The highest BCUT2D eigenvalue weighted by Gasteiger charge is 2.38. The number of carboxylic acid groups (broad SMARTS) is 1. The molecule has 1 aliphatic carbocycles. The Hall–Kier alpha value is -4.31. The van der Waals surface area contributed by atoms with E-state index in [0.29, 0.717) is 33.3 Å². The lowest BCUT2D eigenvalue weighted by Crippen LogP contribution is -2.26. The Morgan fingerprint density at radius 1 is 1.24 bits per heavy atom. The van der Waals surface area contributed by atoms with Crippen LogP contribution in [0.25, 0.3) is 11.6 Å². The van der Waals surface area contributed by atoms with Crippen molar-refractivity contribution < 1.29 is 37.3 Å². The Bertz CT molecular complexity index is 1760. The van der Waals surface area contributed by atoms with Crippen LogP contribution in [0.2, 0.25) is 5.02 Å². The lowest BCUT2D eigenvalue weighted by molar-refractivity contribution is -0.192. The first-order valence-electron chi connectivity index (χ1n) is 13.3. The number of H-pyrrole nitrogens is 1. The zero-order valence-corrected chi connectivity index (χ0v) is 24.9. The summed E-state index contributed by atoms with van der Waals surface area (Å²) in [6.45, 7) is 0.737. The highest BCUT2D eigenvalue weighted by Crippen LogP contribution is 2.36. The number of benzene rings is 2. The fourth-order valence-corrected chi connectivity index (χ4v) is 4.91. The minimum atomic E-state index is -5.08. The van der Waals surface area contributed by atoms with E-state index in [1.54, 1.807) is 36.8 Å². The molecule has 4 aromatic rings. The fraction of sp³-hybridized carbons (Fsp3) is 0.241. The van der Waals surface area contributed by atoms with E-state index in [1.165, 1.54) is 12.1 Å². The van der Waals surface area contributed by atoms with Crippen LogP contribution >= 0.6 is 23.8 Å². The van der Waals surface area contributed by atoms with Gasteiger partial charge in [0, 0.05) is 23.5 Å². The van der Waals surface area contributed by atoms with Gasteiger partial charge in [0.25, 0.3) is 0 Å². The standard InChI is InChI=1S/C27H26ClFN6O2S.C2HF3O2/c28-22-10-20(5-7-24(22)37-14-16-2-1-3-19(29)8-16)34-26-25(27(38)32-15-31-26)17-4-6-23-18(9-17)12-33-35(23)13-21(36)11-30;3-2(4,5)1(6)7/h1-3,5,7-10,12,15,21,36H,4,6,11,13-14,30H2,(H2,31,32,34,38);(H,6,7). The Morgan fingerprint density at radius 3 is 2.67 bits per heavy atom. The molecule has 2 aromatic carbocycles. The topological polar surface area (TPSA) is 151 Å². The second kappa shape index (κ2) is 14.6. The predicted molar refractivity (Wildman–Crippen MR) is 162 cm³/mol. The molecule has 6 N–H and O–H groups in total. The van der Waals surface area contributed by atoms with Gasteiger partial charge >= 0.3 is 12.1 Å². The quantitative estimate of drug-likeness (QED) is 0.109. The molecule has 2 aromatic heterocycles. The number of anilines is 2. The van der Waals surface area contributed by atoms with E-state index in [-0.39, 0.29) is 19.0 Å². The summed E-state index contributed by atoms with van der Waals surface area (Å²) in [7, 11) is 0. The van der Waals surface area contributed by atoms with E-state index in [0.717, 1.165) is 40.9 Å². The van der Waals surface area contributed by atoms with E-state index in [2.05, 4.69) is 26.5 Å². The summed E-state index contributed by atoms with van der Waals surface area (Å²) in [6, 6.07) is 11.6. The van der Waals surface area contributed by atoms with Crippen LogP contribution in [0.4, 0.5) is 29.1 Å². The second-order valence-corrected chi connectivity index (χ2v) is 10.5. The molecule has 5 rings (SSSR count). The predicted octanol–water partition coefficient (Wildman–Crippen LogP) is 5.89.